The van der Waals surface area contributed by atoms with Crippen LogP contribution in [-0.2, 0) is 20.9 Å². The Kier molecular flexibility index (Phi) is 4.04. The van der Waals surface area contributed by atoms with Gasteiger partial charge >= 0.3 is 0 Å². The minimum atomic E-state index is -1.60. The SMILES string of the molecule is O=C(N1CC2(C[C@H](OCc3ccncc3)CCO2)C1)C1(F)CCC1. The van der Waals surface area contributed by atoms with Crippen LogP contribution in [0.15, 0.2) is 24.5 Å². The van der Waals surface area contributed by atoms with Crippen molar-refractivity contribution in [3.63, 3.8) is 0 Å². The van der Waals surface area contributed by atoms with E-state index < -0.39 is 5.67 Å². The first-order valence-electron chi connectivity index (χ1n) is 8.71. The molecule has 0 bridgehead atoms. The van der Waals surface area contributed by atoms with Crippen molar-refractivity contribution >= 4 is 5.91 Å². The summed E-state index contributed by atoms with van der Waals surface area (Å²) >= 11 is 0. The van der Waals surface area contributed by atoms with Crippen molar-refractivity contribution in [2.24, 2.45) is 0 Å². The molecular weight excluding hydrogens is 311 g/mol. The Bertz CT molecular complexity index is 600. The van der Waals surface area contributed by atoms with Crippen molar-refractivity contribution in [2.75, 3.05) is 19.7 Å². The Balaban J connectivity index is 1.29. The zero-order valence-corrected chi connectivity index (χ0v) is 13.7. The van der Waals surface area contributed by atoms with E-state index in [0.29, 0.717) is 39.1 Å². The first kappa shape index (κ1) is 16.0. The van der Waals surface area contributed by atoms with Crippen molar-refractivity contribution in [3.8, 4) is 0 Å². The lowest BCUT2D eigenvalue weighted by Gasteiger charge is -2.54. The fourth-order valence-corrected chi connectivity index (χ4v) is 3.82. The molecule has 5 nitrogen and oxygen atoms in total. The van der Waals surface area contributed by atoms with E-state index in [1.165, 1.54) is 0 Å². The van der Waals surface area contributed by atoms with Crippen LogP contribution in [0.5, 0.6) is 0 Å². The van der Waals surface area contributed by atoms with Crippen LogP contribution in [0.2, 0.25) is 0 Å². The molecule has 0 aromatic carbocycles. The van der Waals surface area contributed by atoms with E-state index in [9.17, 15) is 9.18 Å². The average molecular weight is 334 g/mol. The van der Waals surface area contributed by atoms with E-state index in [-0.39, 0.29) is 17.6 Å². The van der Waals surface area contributed by atoms with Gasteiger partial charge in [0.25, 0.3) is 5.91 Å². The van der Waals surface area contributed by atoms with Crippen LogP contribution in [0.25, 0.3) is 0 Å². The molecule has 3 aliphatic rings. The van der Waals surface area contributed by atoms with Gasteiger partial charge in [-0.3, -0.25) is 9.78 Å². The summed E-state index contributed by atoms with van der Waals surface area (Å²) in [5.41, 5.74) is -0.843. The molecule has 3 fully saturated rings. The standard InChI is InChI=1S/C18H23FN2O3/c19-18(5-1-6-18)16(22)21-12-17(13-21)10-15(4-9-24-17)23-11-14-2-7-20-8-3-14/h2-3,7-8,15H,1,4-6,9-13H2/t15-/m1/s1. The molecule has 0 unspecified atom stereocenters. The van der Waals surface area contributed by atoms with E-state index in [4.69, 9.17) is 9.47 Å². The molecule has 130 valence electrons. The number of hydrogen-bond acceptors (Lipinski definition) is 4. The van der Waals surface area contributed by atoms with Crippen molar-refractivity contribution in [1.82, 2.24) is 9.88 Å². The Labute approximate surface area is 141 Å². The molecule has 1 aromatic heterocycles. The summed E-state index contributed by atoms with van der Waals surface area (Å²) in [6.45, 7) is 2.17. The summed E-state index contributed by atoms with van der Waals surface area (Å²) in [4.78, 5) is 17.8. The van der Waals surface area contributed by atoms with Gasteiger partial charge in [-0.25, -0.2) is 4.39 Å². The molecule has 24 heavy (non-hydrogen) atoms. The first-order chi connectivity index (χ1) is 11.6. The van der Waals surface area contributed by atoms with Gasteiger partial charge in [0.05, 0.1) is 25.8 Å². The average Bonchev–Trinajstić information content (AvgIpc) is 2.56. The molecule has 1 saturated carbocycles. The highest BCUT2D eigenvalue weighted by Crippen LogP contribution is 2.42. The minimum absolute atomic E-state index is 0.118. The summed E-state index contributed by atoms with van der Waals surface area (Å²) in [5.74, 6) is -0.345. The van der Waals surface area contributed by atoms with Gasteiger partial charge in [-0.05, 0) is 43.4 Å². The van der Waals surface area contributed by atoms with Crippen LogP contribution in [-0.4, -0.2) is 52.9 Å². The number of carbonyl (C=O) groups is 1. The Hall–Kier alpha value is -1.53. The van der Waals surface area contributed by atoms with Crippen LogP contribution >= 0.6 is 0 Å². The second-order valence-electron chi connectivity index (χ2n) is 7.29. The monoisotopic (exact) mass is 334 g/mol. The van der Waals surface area contributed by atoms with Gasteiger partial charge in [0, 0.05) is 25.4 Å². The molecule has 1 aromatic rings. The number of pyridine rings is 1. The molecule has 2 aliphatic heterocycles. The molecule has 0 N–H and O–H groups in total. The highest BCUT2D eigenvalue weighted by atomic mass is 19.1. The Morgan fingerprint density at radius 1 is 1.38 bits per heavy atom. The van der Waals surface area contributed by atoms with Gasteiger partial charge in [-0.15, -0.1) is 0 Å². The molecule has 2 saturated heterocycles. The van der Waals surface area contributed by atoms with E-state index in [1.54, 1.807) is 17.3 Å². The largest absolute Gasteiger partial charge is 0.373 e. The highest BCUT2D eigenvalue weighted by Gasteiger charge is 2.55. The van der Waals surface area contributed by atoms with E-state index >= 15 is 0 Å². The third kappa shape index (κ3) is 2.93. The van der Waals surface area contributed by atoms with Crippen LogP contribution in [0.1, 0.15) is 37.7 Å². The summed E-state index contributed by atoms with van der Waals surface area (Å²) in [7, 11) is 0. The predicted octanol–water partition coefficient (Wildman–Crippen LogP) is 2.25. The maximum absolute atomic E-state index is 14.3. The van der Waals surface area contributed by atoms with Gasteiger partial charge < -0.3 is 14.4 Å². The smallest absolute Gasteiger partial charge is 0.260 e. The van der Waals surface area contributed by atoms with Crippen LogP contribution in [0.4, 0.5) is 4.39 Å². The van der Waals surface area contributed by atoms with Crippen molar-refractivity contribution < 1.29 is 18.7 Å². The number of aromatic nitrogens is 1. The van der Waals surface area contributed by atoms with Gasteiger partial charge in [0.1, 0.15) is 5.60 Å². The van der Waals surface area contributed by atoms with Crippen molar-refractivity contribution in [2.45, 2.75) is 56.1 Å². The maximum atomic E-state index is 14.3. The zero-order chi connectivity index (χ0) is 16.6. The lowest BCUT2D eigenvalue weighted by atomic mass is 9.78. The maximum Gasteiger partial charge on any atom is 0.260 e. The van der Waals surface area contributed by atoms with E-state index in [0.717, 1.165) is 24.8 Å². The van der Waals surface area contributed by atoms with E-state index in [1.807, 2.05) is 12.1 Å². The molecule has 0 radical (unpaired) electrons. The lowest BCUT2D eigenvalue weighted by Crippen LogP contribution is -2.70. The molecule has 3 heterocycles. The molecule has 1 spiro atoms. The summed E-state index contributed by atoms with van der Waals surface area (Å²) in [6, 6.07) is 3.89. The number of ether oxygens (including phenoxy) is 2. The molecule has 1 atom stereocenters. The number of nitrogens with zero attached hydrogens (tertiary/aromatic N) is 2. The Morgan fingerprint density at radius 2 is 2.12 bits per heavy atom. The molecule has 1 amide bonds. The number of halogens is 1. The molecule has 4 rings (SSSR count). The quantitative estimate of drug-likeness (QED) is 0.847. The molecule has 6 heteroatoms. The summed E-state index contributed by atoms with van der Waals surface area (Å²) in [5, 5.41) is 0. The number of alkyl halides is 1. The van der Waals surface area contributed by atoms with Crippen LogP contribution < -0.4 is 0 Å². The van der Waals surface area contributed by atoms with Gasteiger partial charge in [0.2, 0.25) is 0 Å². The van der Waals surface area contributed by atoms with Crippen LogP contribution in [0.3, 0.4) is 0 Å². The summed E-state index contributed by atoms with van der Waals surface area (Å²) in [6.07, 6.45) is 6.80. The topological polar surface area (TPSA) is 51.7 Å². The number of carbonyl (C=O) groups excluding carboxylic acids is 1. The highest BCUT2D eigenvalue weighted by molar-refractivity contribution is 5.87. The number of amides is 1. The Morgan fingerprint density at radius 3 is 2.79 bits per heavy atom. The third-order valence-electron chi connectivity index (χ3n) is 5.46. The van der Waals surface area contributed by atoms with Crippen molar-refractivity contribution in [1.29, 1.82) is 0 Å². The second-order valence-corrected chi connectivity index (χ2v) is 7.29. The van der Waals surface area contributed by atoms with Gasteiger partial charge in [-0.2, -0.15) is 0 Å². The predicted molar refractivity (Wildman–Crippen MR) is 85.0 cm³/mol. The lowest BCUT2D eigenvalue weighted by molar-refractivity contribution is -0.210. The number of likely N-dealkylation sites (tertiary alicyclic amines) is 1. The zero-order valence-electron chi connectivity index (χ0n) is 13.7. The second kappa shape index (κ2) is 6.08. The summed E-state index contributed by atoms with van der Waals surface area (Å²) < 4.78 is 26.2. The third-order valence-corrected chi connectivity index (χ3v) is 5.46. The van der Waals surface area contributed by atoms with Crippen LogP contribution in [0, 0.1) is 0 Å². The normalized spacial score (nSPS) is 27.4. The van der Waals surface area contributed by atoms with E-state index in [2.05, 4.69) is 4.98 Å². The number of rotatable bonds is 4. The molecular formula is C18H23FN2O3. The van der Waals surface area contributed by atoms with Gasteiger partial charge in [0.15, 0.2) is 5.67 Å². The molecule has 1 aliphatic carbocycles. The van der Waals surface area contributed by atoms with Gasteiger partial charge in [-0.1, -0.05) is 0 Å². The fraction of sp³-hybridized carbons (Fsp3) is 0.667. The fourth-order valence-electron chi connectivity index (χ4n) is 3.82. The minimum Gasteiger partial charge on any atom is -0.373 e. The first-order valence-corrected chi connectivity index (χ1v) is 8.71. The number of hydrogen-bond donors (Lipinski definition) is 0. The van der Waals surface area contributed by atoms with Crippen molar-refractivity contribution in [3.05, 3.63) is 30.1 Å².